The molecule has 0 unspecified atom stereocenters. The van der Waals surface area contributed by atoms with Crippen LogP contribution in [0.25, 0.3) is 6.08 Å². The normalized spacial score (nSPS) is 12.5. The SMILES string of the molecule is Cc1nn(C)c(Cl)c1C=CNC(=O)Nc1cc(C(F)(F)F)cc(C(F)(F)F)c1. The van der Waals surface area contributed by atoms with Crippen molar-refractivity contribution in [2.24, 2.45) is 7.05 Å². The van der Waals surface area contributed by atoms with Crippen LogP contribution >= 0.6 is 11.6 Å². The van der Waals surface area contributed by atoms with Crippen LogP contribution in [0, 0.1) is 6.92 Å². The second kappa shape index (κ2) is 7.74. The van der Waals surface area contributed by atoms with Crippen LogP contribution in [0.2, 0.25) is 5.15 Å². The van der Waals surface area contributed by atoms with Gasteiger partial charge in [0.1, 0.15) is 5.15 Å². The highest BCUT2D eigenvalue weighted by molar-refractivity contribution is 6.31. The summed E-state index contributed by atoms with van der Waals surface area (Å²) in [6, 6.07) is -0.265. The monoisotopic (exact) mass is 426 g/mol. The first-order valence-electron chi connectivity index (χ1n) is 7.51. The van der Waals surface area contributed by atoms with Gasteiger partial charge >= 0.3 is 18.4 Å². The highest BCUT2D eigenvalue weighted by Crippen LogP contribution is 2.37. The number of amides is 2. The first-order chi connectivity index (χ1) is 12.8. The third-order valence-corrected chi connectivity index (χ3v) is 3.95. The van der Waals surface area contributed by atoms with Crippen molar-refractivity contribution >= 4 is 29.4 Å². The zero-order valence-corrected chi connectivity index (χ0v) is 15.1. The standard InChI is InChI=1S/C16H13ClF6N4O/c1-8-12(13(17)27(2)26-8)3-4-24-14(28)25-11-6-9(15(18,19)20)5-10(7-11)16(21,22)23/h3-7H,1-2H3,(H2,24,25,28). The van der Waals surface area contributed by atoms with Crippen molar-refractivity contribution in [3.63, 3.8) is 0 Å². The fraction of sp³-hybridized carbons (Fsp3) is 0.250. The molecule has 0 radical (unpaired) electrons. The summed E-state index contributed by atoms with van der Waals surface area (Å²) in [5, 5.41) is 8.42. The zero-order chi connectivity index (χ0) is 21.3. The Hall–Kier alpha value is -2.69. The van der Waals surface area contributed by atoms with Crippen LogP contribution in [-0.2, 0) is 19.4 Å². The number of benzene rings is 1. The minimum Gasteiger partial charge on any atom is -0.314 e. The number of urea groups is 1. The predicted molar refractivity (Wildman–Crippen MR) is 90.6 cm³/mol. The number of hydrogen-bond donors (Lipinski definition) is 2. The van der Waals surface area contributed by atoms with E-state index in [-0.39, 0.29) is 11.2 Å². The minimum atomic E-state index is -5.01. The van der Waals surface area contributed by atoms with E-state index in [1.165, 1.54) is 10.8 Å². The number of hydrogen-bond acceptors (Lipinski definition) is 2. The van der Waals surface area contributed by atoms with Crippen LogP contribution in [0.5, 0.6) is 0 Å². The van der Waals surface area contributed by atoms with Gasteiger partial charge in [0.2, 0.25) is 0 Å². The molecule has 2 aromatic rings. The van der Waals surface area contributed by atoms with E-state index < -0.39 is 35.2 Å². The molecule has 0 aliphatic carbocycles. The van der Waals surface area contributed by atoms with Gasteiger partial charge in [0.05, 0.1) is 16.8 Å². The molecule has 2 N–H and O–H groups in total. The molecular weight excluding hydrogens is 414 g/mol. The van der Waals surface area contributed by atoms with Gasteiger partial charge in [0.25, 0.3) is 0 Å². The third kappa shape index (κ3) is 5.18. The van der Waals surface area contributed by atoms with Crippen molar-refractivity contribution in [1.82, 2.24) is 15.1 Å². The van der Waals surface area contributed by atoms with E-state index in [0.717, 1.165) is 6.20 Å². The van der Waals surface area contributed by atoms with Gasteiger partial charge in [-0.3, -0.25) is 4.68 Å². The lowest BCUT2D eigenvalue weighted by molar-refractivity contribution is -0.143. The molecule has 28 heavy (non-hydrogen) atoms. The second-order valence-corrected chi connectivity index (χ2v) is 6.00. The number of anilines is 1. The van der Waals surface area contributed by atoms with Gasteiger partial charge in [-0.15, -0.1) is 0 Å². The van der Waals surface area contributed by atoms with Crippen molar-refractivity contribution in [3.8, 4) is 0 Å². The van der Waals surface area contributed by atoms with Crippen LogP contribution in [-0.4, -0.2) is 15.8 Å². The highest BCUT2D eigenvalue weighted by atomic mass is 35.5. The molecule has 1 aromatic heterocycles. The molecule has 2 amide bonds. The Morgan fingerprint density at radius 3 is 2.07 bits per heavy atom. The Morgan fingerprint density at radius 2 is 1.64 bits per heavy atom. The van der Waals surface area contributed by atoms with Gasteiger partial charge in [-0.1, -0.05) is 11.6 Å². The Labute approximate surface area is 160 Å². The minimum absolute atomic E-state index is 0.0316. The largest absolute Gasteiger partial charge is 0.416 e. The Morgan fingerprint density at radius 1 is 1.11 bits per heavy atom. The van der Waals surface area contributed by atoms with Gasteiger partial charge in [-0.2, -0.15) is 31.4 Å². The summed E-state index contributed by atoms with van der Waals surface area (Å²) in [4.78, 5) is 11.8. The van der Waals surface area contributed by atoms with Gasteiger partial charge in [-0.05, 0) is 31.2 Å². The number of aryl methyl sites for hydroxylation is 2. The van der Waals surface area contributed by atoms with Gasteiger partial charge in [-0.25, -0.2) is 4.79 Å². The highest BCUT2D eigenvalue weighted by Gasteiger charge is 2.37. The molecule has 0 saturated carbocycles. The van der Waals surface area contributed by atoms with Crippen molar-refractivity contribution in [1.29, 1.82) is 0 Å². The van der Waals surface area contributed by atoms with E-state index in [4.69, 9.17) is 11.6 Å². The Kier molecular flexibility index (Phi) is 5.97. The number of aromatic nitrogens is 2. The quantitative estimate of drug-likeness (QED) is 0.662. The van der Waals surface area contributed by atoms with E-state index in [1.807, 2.05) is 5.32 Å². The lowest BCUT2D eigenvalue weighted by Gasteiger charge is -2.14. The molecule has 0 bridgehead atoms. The summed E-state index contributed by atoms with van der Waals surface area (Å²) in [6.07, 6.45) is -7.51. The molecule has 0 aliphatic heterocycles. The summed E-state index contributed by atoms with van der Waals surface area (Å²) >= 11 is 5.99. The molecule has 0 atom stereocenters. The number of halogens is 7. The van der Waals surface area contributed by atoms with Crippen molar-refractivity contribution in [3.05, 3.63) is 51.9 Å². The maximum Gasteiger partial charge on any atom is 0.416 e. The molecule has 152 valence electrons. The fourth-order valence-corrected chi connectivity index (χ4v) is 2.47. The summed E-state index contributed by atoms with van der Waals surface area (Å²) in [6.45, 7) is 1.66. The van der Waals surface area contributed by atoms with Crippen molar-refractivity contribution in [2.45, 2.75) is 19.3 Å². The van der Waals surface area contributed by atoms with Gasteiger partial charge in [0.15, 0.2) is 0 Å². The van der Waals surface area contributed by atoms with Crippen LogP contribution in [0.15, 0.2) is 24.4 Å². The Bertz CT molecular complexity index is 885. The fourth-order valence-electron chi connectivity index (χ4n) is 2.23. The van der Waals surface area contributed by atoms with E-state index in [0.29, 0.717) is 23.4 Å². The molecule has 5 nitrogen and oxygen atoms in total. The molecule has 0 aliphatic rings. The summed E-state index contributed by atoms with van der Waals surface area (Å²) in [5.41, 5.74) is -2.69. The molecule has 0 spiro atoms. The lowest BCUT2D eigenvalue weighted by atomic mass is 10.1. The molecule has 1 heterocycles. The maximum absolute atomic E-state index is 12.8. The third-order valence-electron chi connectivity index (χ3n) is 3.51. The number of carbonyl (C=O) groups is 1. The van der Waals surface area contributed by atoms with Crippen LogP contribution in [0.1, 0.15) is 22.4 Å². The second-order valence-electron chi connectivity index (χ2n) is 5.64. The van der Waals surface area contributed by atoms with E-state index in [2.05, 4.69) is 10.4 Å². The van der Waals surface area contributed by atoms with E-state index >= 15 is 0 Å². The summed E-state index contributed by atoms with van der Waals surface area (Å²) in [7, 11) is 1.60. The zero-order valence-electron chi connectivity index (χ0n) is 14.3. The molecule has 0 fully saturated rings. The average molecular weight is 427 g/mol. The lowest BCUT2D eigenvalue weighted by Crippen LogP contribution is -2.24. The number of alkyl halides is 6. The Balaban J connectivity index is 2.18. The van der Waals surface area contributed by atoms with E-state index in [1.54, 1.807) is 14.0 Å². The van der Waals surface area contributed by atoms with Crippen LogP contribution < -0.4 is 10.6 Å². The van der Waals surface area contributed by atoms with Crippen molar-refractivity contribution in [2.75, 3.05) is 5.32 Å². The predicted octanol–water partition coefficient (Wildman–Crippen LogP) is 5.21. The molecule has 1 aromatic carbocycles. The number of rotatable bonds is 3. The molecule has 12 heteroatoms. The first kappa shape index (κ1) is 21.6. The first-order valence-corrected chi connectivity index (χ1v) is 7.89. The molecular formula is C16H13ClF6N4O. The maximum atomic E-state index is 12.8. The summed E-state index contributed by atoms with van der Waals surface area (Å²) < 4.78 is 78.3. The van der Waals surface area contributed by atoms with E-state index in [9.17, 15) is 31.1 Å². The van der Waals surface area contributed by atoms with Crippen LogP contribution in [0.3, 0.4) is 0 Å². The number of carbonyl (C=O) groups excluding carboxylic acids is 1. The van der Waals surface area contributed by atoms with Gasteiger partial charge in [0, 0.05) is 24.5 Å². The topological polar surface area (TPSA) is 59.0 Å². The summed E-state index contributed by atoms with van der Waals surface area (Å²) in [5.74, 6) is 0. The molecule has 0 saturated heterocycles. The smallest absolute Gasteiger partial charge is 0.314 e. The van der Waals surface area contributed by atoms with Gasteiger partial charge < -0.3 is 10.6 Å². The molecule has 2 rings (SSSR count). The average Bonchev–Trinajstić information content (AvgIpc) is 2.79. The van der Waals surface area contributed by atoms with Crippen LogP contribution in [0.4, 0.5) is 36.8 Å². The number of nitrogens with zero attached hydrogens (tertiary/aromatic N) is 2. The van der Waals surface area contributed by atoms with Crippen molar-refractivity contribution < 1.29 is 31.1 Å². The number of nitrogens with one attached hydrogen (secondary N) is 2.